The van der Waals surface area contributed by atoms with Gasteiger partial charge in [-0.05, 0) is 64.3 Å². The fourth-order valence-electron chi connectivity index (χ4n) is 3.16. The van der Waals surface area contributed by atoms with Crippen LogP contribution in [0.2, 0.25) is 0 Å². The van der Waals surface area contributed by atoms with E-state index < -0.39 is 0 Å². The summed E-state index contributed by atoms with van der Waals surface area (Å²) in [7, 11) is 1.59. The second-order valence-corrected chi connectivity index (χ2v) is 6.61. The fourth-order valence-corrected chi connectivity index (χ4v) is 3.16. The second-order valence-electron chi connectivity index (χ2n) is 6.61. The Morgan fingerprint density at radius 1 is 1.38 bits per heavy atom. The van der Waals surface area contributed by atoms with Gasteiger partial charge in [0.2, 0.25) is 0 Å². The van der Waals surface area contributed by atoms with Crippen molar-refractivity contribution in [3.63, 3.8) is 0 Å². The molecule has 1 aromatic rings. The van der Waals surface area contributed by atoms with Crippen LogP contribution in [-0.2, 0) is 0 Å². The highest BCUT2D eigenvalue weighted by Gasteiger charge is 2.22. The van der Waals surface area contributed by atoms with Crippen LogP contribution in [0.15, 0.2) is 18.2 Å². The van der Waals surface area contributed by atoms with Gasteiger partial charge in [0.05, 0.1) is 13.7 Å². The average molecular weight is 334 g/mol. The second kappa shape index (κ2) is 8.92. The van der Waals surface area contributed by atoms with Crippen LogP contribution < -0.4 is 14.8 Å². The van der Waals surface area contributed by atoms with Gasteiger partial charge in [-0.2, -0.15) is 0 Å². The first-order valence-electron chi connectivity index (χ1n) is 8.88. The standard InChI is InChI=1S/C19H30N2O3/c1-5-24-17-9-8-16(11-18(17)23-4)19(22)20-12-15-7-6-10-21(13-15)14(2)3/h8-9,11,14-15H,5-7,10,12-13H2,1-4H3,(H,20,22). The molecule has 0 aliphatic carbocycles. The van der Waals surface area contributed by atoms with Crippen molar-refractivity contribution in [3.05, 3.63) is 23.8 Å². The number of nitrogens with one attached hydrogen (secondary N) is 1. The summed E-state index contributed by atoms with van der Waals surface area (Å²) >= 11 is 0. The fraction of sp³-hybridized carbons (Fsp3) is 0.632. The van der Waals surface area contributed by atoms with Crippen molar-refractivity contribution in [2.45, 2.75) is 39.7 Å². The highest BCUT2D eigenvalue weighted by atomic mass is 16.5. The first kappa shape index (κ1) is 18.6. The van der Waals surface area contributed by atoms with Crippen molar-refractivity contribution in [3.8, 4) is 11.5 Å². The third kappa shape index (κ3) is 4.87. The van der Waals surface area contributed by atoms with Crippen molar-refractivity contribution in [1.82, 2.24) is 10.2 Å². The Morgan fingerprint density at radius 3 is 2.83 bits per heavy atom. The molecule has 1 N–H and O–H groups in total. The van der Waals surface area contributed by atoms with E-state index in [0.717, 1.165) is 19.6 Å². The molecule has 0 saturated carbocycles. The van der Waals surface area contributed by atoms with Crippen LogP contribution in [0.1, 0.15) is 44.0 Å². The van der Waals surface area contributed by atoms with Gasteiger partial charge in [-0.1, -0.05) is 0 Å². The number of amides is 1. The maximum atomic E-state index is 12.4. The van der Waals surface area contributed by atoms with E-state index in [1.165, 1.54) is 12.8 Å². The number of carbonyl (C=O) groups excluding carboxylic acids is 1. The SMILES string of the molecule is CCOc1ccc(C(=O)NCC2CCCN(C(C)C)C2)cc1OC. The van der Waals surface area contributed by atoms with Crippen LogP contribution in [0, 0.1) is 5.92 Å². The van der Waals surface area contributed by atoms with E-state index in [-0.39, 0.29) is 5.91 Å². The minimum Gasteiger partial charge on any atom is -0.493 e. The van der Waals surface area contributed by atoms with E-state index in [9.17, 15) is 4.79 Å². The first-order valence-corrected chi connectivity index (χ1v) is 8.88. The normalized spacial score (nSPS) is 18.5. The molecule has 1 aromatic carbocycles. The zero-order chi connectivity index (χ0) is 17.5. The van der Waals surface area contributed by atoms with Crippen LogP contribution in [0.5, 0.6) is 11.5 Å². The predicted octanol–water partition coefficient (Wildman–Crippen LogP) is 2.94. The Kier molecular flexibility index (Phi) is 6.91. The molecule has 1 aliphatic rings. The number of likely N-dealkylation sites (tertiary alicyclic amines) is 1. The van der Waals surface area contributed by atoms with Crippen molar-refractivity contribution < 1.29 is 14.3 Å². The number of hydrogen-bond acceptors (Lipinski definition) is 4. The molecular weight excluding hydrogens is 304 g/mol. The zero-order valence-corrected chi connectivity index (χ0v) is 15.3. The number of ether oxygens (including phenoxy) is 2. The molecule has 5 nitrogen and oxygen atoms in total. The number of methoxy groups -OCH3 is 1. The predicted molar refractivity (Wildman–Crippen MR) is 95.9 cm³/mol. The van der Waals surface area contributed by atoms with Crippen LogP contribution in [0.3, 0.4) is 0 Å². The van der Waals surface area contributed by atoms with E-state index in [2.05, 4.69) is 24.1 Å². The van der Waals surface area contributed by atoms with Crippen LogP contribution in [0.25, 0.3) is 0 Å². The Labute approximate surface area is 145 Å². The number of carbonyl (C=O) groups is 1. The molecule has 1 amide bonds. The van der Waals surface area contributed by atoms with Gasteiger partial charge >= 0.3 is 0 Å². The molecule has 134 valence electrons. The molecule has 1 saturated heterocycles. The third-order valence-electron chi connectivity index (χ3n) is 4.56. The Hall–Kier alpha value is -1.75. The van der Waals surface area contributed by atoms with E-state index in [1.54, 1.807) is 25.3 Å². The molecular formula is C19H30N2O3. The number of benzene rings is 1. The maximum Gasteiger partial charge on any atom is 0.251 e. The molecule has 1 atom stereocenters. The monoisotopic (exact) mass is 334 g/mol. The maximum absolute atomic E-state index is 12.4. The van der Waals surface area contributed by atoms with Crippen molar-refractivity contribution in [2.24, 2.45) is 5.92 Å². The van der Waals surface area contributed by atoms with Crippen molar-refractivity contribution >= 4 is 5.91 Å². The van der Waals surface area contributed by atoms with Gasteiger partial charge in [-0.25, -0.2) is 0 Å². The van der Waals surface area contributed by atoms with E-state index in [0.29, 0.717) is 35.6 Å². The summed E-state index contributed by atoms with van der Waals surface area (Å²) in [5.74, 6) is 1.72. The van der Waals surface area contributed by atoms with Gasteiger partial charge in [0.1, 0.15) is 0 Å². The van der Waals surface area contributed by atoms with E-state index in [4.69, 9.17) is 9.47 Å². The topological polar surface area (TPSA) is 50.8 Å². The summed E-state index contributed by atoms with van der Waals surface area (Å²) in [6, 6.07) is 5.88. The Morgan fingerprint density at radius 2 is 2.17 bits per heavy atom. The average Bonchev–Trinajstić information content (AvgIpc) is 2.60. The lowest BCUT2D eigenvalue weighted by atomic mass is 9.97. The molecule has 24 heavy (non-hydrogen) atoms. The lowest BCUT2D eigenvalue weighted by Gasteiger charge is -2.35. The largest absolute Gasteiger partial charge is 0.493 e. The summed E-state index contributed by atoms with van der Waals surface area (Å²) in [6.07, 6.45) is 2.38. The molecule has 0 bridgehead atoms. The van der Waals surface area contributed by atoms with Gasteiger partial charge in [-0.15, -0.1) is 0 Å². The summed E-state index contributed by atoms with van der Waals surface area (Å²) in [4.78, 5) is 14.9. The van der Waals surface area contributed by atoms with Gasteiger partial charge in [0.15, 0.2) is 11.5 Å². The summed E-state index contributed by atoms with van der Waals surface area (Å²) in [5.41, 5.74) is 0.604. The van der Waals surface area contributed by atoms with Crippen LogP contribution >= 0.6 is 0 Å². The number of hydrogen-bond donors (Lipinski definition) is 1. The number of piperidine rings is 1. The highest BCUT2D eigenvalue weighted by Crippen LogP contribution is 2.28. The molecule has 0 radical (unpaired) electrons. The van der Waals surface area contributed by atoms with E-state index >= 15 is 0 Å². The van der Waals surface area contributed by atoms with Gasteiger partial charge in [-0.3, -0.25) is 4.79 Å². The van der Waals surface area contributed by atoms with E-state index in [1.807, 2.05) is 6.92 Å². The van der Waals surface area contributed by atoms with Crippen molar-refractivity contribution in [1.29, 1.82) is 0 Å². The van der Waals surface area contributed by atoms with Gasteiger partial charge in [0.25, 0.3) is 5.91 Å². The van der Waals surface area contributed by atoms with Crippen LogP contribution in [0.4, 0.5) is 0 Å². The molecule has 1 fully saturated rings. The zero-order valence-electron chi connectivity index (χ0n) is 15.3. The molecule has 0 spiro atoms. The molecule has 2 rings (SSSR count). The van der Waals surface area contributed by atoms with Gasteiger partial charge in [0, 0.05) is 24.7 Å². The third-order valence-corrected chi connectivity index (χ3v) is 4.56. The Bertz CT molecular complexity index is 545. The molecule has 0 aromatic heterocycles. The summed E-state index contributed by atoms with van der Waals surface area (Å²) in [5, 5.41) is 3.07. The first-order chi connectivity index (χ1) is 11.5. The molecule has 1 unspecified atom stereocenters. The van der Waals surface area contributed by atoms with Crippen LogP contribution in [-0.4, -0.2) is 50.2 Å². The summed E-state index contributed by atoms with van der Waals surface area (Å²) in [6.45, 7) is 9.89. The van der Waals surface area contributed by atoms with Crippen molar-refractivity contribution in [2.75, 3.05) is 33.4 Å². The molecule has 5 heteroatoms. The Balaban J connectivity index is 1.92. The summed E-state index contributed by atoms with van der Waals surface area (Å²) < 4.78 is 10.8. The van der Waals surface area contributed by atoms with Gasteiger partial charge < -0.3 is 19.7 Å². The minimum absolute atomic E-state index is 0.0574. The lowest BCUT2D eigenvalue weighted by molar-refractivity contribution is 0.0922. The lowest BCUT2D eigenvalue weighted by Crippen LogP contribution is -2.43. The molecule has 1 aliphatic heterocycles. The number of rotatable bonds is 7. The smallest absolute Gasteiger partial charge is 0.251 e. The number of nitrogens with zero attached hydrogens (tertiary/aromatic N) is 1. The quantitative estimate of drug-likeness (QED) is 0.833. The minimum atomic E-state index is -0.0574. The highest BCUT2D eigenvalue weighted by molar-refractivity contribution is 5.94. The molecule has 1 heterocycles.